The highest BCUT2D eigenvalue weighted by molar-refractivity contribution is 7.99. The molecule has 0 aliphatic rings. The van der Waals surface area contributed by atoms with Crippen molar-refractivity contribution < 1.29 is 9.53 Å². The van der Waals surface area contributed by atoms with Crippen molar-refractivity contribution in [2.24, 2.45) is 0 Å². The summed E-state index contributed by atoms with van der Waals surface area (Å²) >= 11 is 1.60. The summed E-state index contributed by atoms with van der Waals surface area (Å²) in [5, 5.41) is 0.0480. The van der Waals surface area contributed by atoms with Crippen LogP contribution in [0.3, 0.4) is 0 Å². The predicted octanol–water partition coefficient (Wildman–Crippen LogP) is 3.25. The third-order valence-corrected chi connectivity index (χ3v) is 3.15. The second-order valence-corrected chi connectivity index (χ2v) is 4.37. The molecule has 0 aromatic carbocycles. The molecule has 0 N–H and O–H groups in total. The molecule has 0 saturated heterocycles. The first-order valence-corrected chi connectivity index (χ1v) is 6.74. The highest BCUT2D eigenvalue weighted by atomic mass is 32.2. The standard InChI is InChI=1S/C11H22O2S/c1-4-6-7-8-9-10(14-3)11(12)13-5-2/h10H,4-9H2,1-3H3. The molecule has 0 rings (SSSR count). The summed E-state index contributed by atoms with van der Waals surface area (Å²) in [5.41, 5.74) is 0. The van der Waals surface area contributed by atoms with E-state index in [1.807, 2.05) is 13.2 Å². The molecule has 0 saturated carbocycles. The monoisotopic (exact) mass is 218 g/mol. The van der Waals surface area contributed by atoms with Crippen LogP contribution in [0.4, 0.5) is 0 Å². The van der Waals surface area contributed by atoms with E-state index in [0.717, 1.165) is 12.8 Å². The average molecular weight is 218 g/mol. The molecule has 14 heavy (non-hydrogen) atoms. The van der Waals surface area contributed by atoms with E-state index in [2.05, 4.69) is 6.92 Å². The Balaban J connectivity index is 3.62. The fourth-order valence-electron chi connectivity index (χ4n) is 1.32. The number of hydrogen-bond donors (Lipinski definition) is 0. The minimum Gasteiger partial charge on any atom is -0.465 e. The molecular weight excluding hydrogens is 196 g/mol. The van der Waals surface area contributed by atoms with Crippen molar-refractivity contribution in [3.05, 3.63) is 0 Å². The van der Waals surface area contributed by atoms with E-state index >= 15 is 0 Å². The van der Waals surface area contributed by atoms with Gasteiger partial charge in [-0.2, -0.15) is 11.8 Å². The van der Waals surface area contributed by atoms with Crippen molar-refractivity contribution in [3.8, 4) is 0 Å². The largest absolute Gasteiger partial charge is 0.465 e. The fourth-order valence-corrected chi connectivity index (χ4v) is 1.99. The Morgan fingerprint density at radius 2 is 2.00 bits per heavy atom. The van der Waals surface area contributed by atoms with Crippen LogP contribution in [-0.2, 0) is 9.53 Å². The molecule has 3 heteroatoms. The fraction of sp³-hybridized carbons (Fsp3) is 0.909. The van der Waals surface area contributed by atoms with Gasteiger partial charge in [0.25, 0.3) is 0 Å². The van der Waals surface area contributed by atoms with Crippen molar-refractivity contribution in [3.63, 3.8) is 0 Å². The van der Waals surface area contributed by atoms with E-state index in [1.54, 1.807) is 11.8 Å². The summed E-state index contributed by atoms with van der Waals surface area (Å²) < 4.78 is 4.99. The van der Waals surface area contributed by atoms with Gasteiger partial charge in [0, 0.05) is 0 Å². The highest BCUT2D eigenvalue weighted by Crippen LogP contribution is 2.17. The Morgan fingerprint density at radius 1 is 1.29 bits per heavy atom. The Kier molecular flexibility index (Phi) is 9.26. The zero-order chi connectivity index (χ0) is 10.8. The van der Waals surface area contributed by atoms with Gasteiger partial charge in [0.1, 0.15) is 5.25 Å². The zero-order valence-corrected chi connectivity index (χ0v) is 10.4. The van der Waals surface area contributed by atoms with Crippen molar-refractivity contribution in [1.82, 2.24) is 0 Å². The lowest BCUT2D eigenvalue weighted by Gasteiger charge is -2.12. The quantitative estimate of drug-likeness (QED) is 0.462. The molecule has 0 fully saturated rings. The minimum atomic E-state index is -0.0449. The van der Waals surface area contributed by atoms with E-state index < -0.39 is 0 Å². The van der Waals surface area contributed by atoms with E-state index in [4.69, 9.17) is 4.74 Å². The highest BCUT2D eigenvalue weighted by Gasteiger charge is 2.17. The second-order valence-electron chi connectivity index (χ2n) is 3.33. The topological polar surface area (TPSA) is 26.3 Å². The molecule has 0 amide bonds. The number of esters is 1. The molecule has 0 aromatic rings. The van der Waals surface area contributed by atoms with Gasteiger partial charge in [-0.25, -0.2) is 0 Å². The summed E-state index contributed by atoms with van der Waals surface area (Å²) in [7, 11) is 0. The number of rotatable bonds is 8. The SMILES string of the molecule is CCCCCCC(SC)C(=O)OCC. The van der Waals surface area contributed by atoms with Crippen LogP contribution >= 0.6 is 11.8 Å². The molecule has 0 aliphatic heterocycles. The molecule has 0 radical (unpaired) electrons. The maximum Gasteiger partial charge on any atom is 0.319 e. The van der Waals surface area contributed by atoms with Gasteiger partial charge in [0.15, 0.2) is 0 Å². The van der Waals surface area contributed by atoms with Crippen LogP contribution in [0.2, 0.25) is 0 Å². The second kappa shape index (κ2) is 9.38. The summed E-state index contributed by atoms with van der Waals surface area (Å²) in [5.74, 6) is -0.0449. The maximum atomic E-state index is 11.4. The summed E-state index contributed by atoms with van der Waals surface area (Å²) in [6.45, 7) is 4.54. The average Bonchev–Trinajstić information content (AvgIpc) is 2.18. The Bertz CT molecular complexity index is 148. The molecular formula is C11H22O2S. The Morgan fingerprint density at radius 3 is 2.50 bits per heavy atom. The number of carbonyl (C=O) groups excluding carboxylic acids is 1. The molecule has 0 heterocycles. The first-order valence-electron chi connectivity index (χ1n) is 5.45. The lowest BCUT2D eigenvalue weighted by molar-refractivity contribution is -0.142. The molecule has 84 valence electrons. The van der Waals surface area contributed by atoms with Gasteiger partial charge in [0.05, 0.1) is 6.61 Å². The van der Waals surface area contributed by atoms with Crippen LogP contribution in [0.5, 0.6) is 0 Å². The number of hydrogen-bond acceptors (Lipinski definition) is 3. The Hall–Kier alpha value is -0.180. The van der Waals surface area contributed by atoms with Crippen LogP contribution in [0.15, 0.2) is 0 Å². The maximum absolute atomic E-state index is 11.4. The third-order valence-electron chi connectivity index (χ3n) is 2.15. The van der Waals surface area contributed by atoms with Crippen LogP contribution in [0.25, 0.3) is 0 Å². The minimum absolute atomic E-state index is 0.0449. The first kappa shape index (κ1) is 13.8. The molecule has 2 nitrogen and oxygen atoms in total. The van der Waals surface area contributed by atoms with Gasteiger partial charge >= 0.3 is 5.97 Å². The lowest BCUT2D eigenvalue weighted by atomic mass is 10.1. The normalized spacial score (nSPS) is 12.5. The van der Waals surface area contributed by atoms with Crippen molar-refractivity contribution in [2.75, 3.05) is 12.9 Å². The third kappa shape index (κ3) is 6.30. The summed E-state index contributed by atoms with van der Waals surface area (Å²) in [6, 6.07) is 0. The van der Waals surface area contributed by atoms with Crippen molar-refractivity contribution >= 4 is 17.7 Å². The van der Waals surface area contributed by atoms with Gasteiger partial charge in [-0.05, 0) is 19.6 Å². The van der Waals surface area contributed by atoms with Crippen LogP contribution in [0.1, 0.15) is 46.0 Å². The summed E-state index contributed by atoms with van der Waals surface area (Å²) in [6.07, 6.45) is 7.81. The Labute approximate surface area is 91.8 Å². The van der Waals surface area contributed by atoms with E-state index in [9.17, 15) is 4.79 Å². The molecule has 0 spiro atoms. The smallest absolute Gasteiger partial charge is 0.319 e. The number of carbonyl (C=O) groups is 1. The van der Waals surface area contributed by atoms with Crippen LogP contribution in [0, 0.1) is 0 Å². The molecule has 1 atom stereocenters. The molecule has 0 aromatic heterocycles. The van der Waals surface area contributed by atoms with E-state index in [0.29, 0.717) is 6.61 Å². The van der Waals surface area contributed by atoms with Crippen molar-refractivity contribution in [1.29, 1.82) is 0 Å². The number of ether oxygens (including phenoxy) is 1. The van der Waals surface area contributed by atoms with E-state index in [1.165, 1.54) is 19.3 Å². The molecule has 0 aliphatic carbocycles. The van der Waals surface area contributed by atoms with Gasteiger partial charge < -0.3 is 4.74 Å². The molecule has 0 bridgehead atoms. The lowest BCUT2D eigenvalue weighted by Crippen LogP contribution is -2.19. The first-order chi connectivity index (χ1) is 6.76. The van der Waals surface area contributed by atoms with Gasteiger partial charge in [-0.15, -0.1) is 0 Å². The van der Waals surface area contributed by atoms with E-state index in [-0.39, 0.29) is 11.2 Å². The predicted molar refractivity (Wildman–Crippen MR) is 62.7 cm³/mol. The van der Waals surface area contributed by atoms with Gasteiger partial charge in [-0.3, -0.25) is 4.79 Å². The van der Waals surface area contributed by atoms with Gasteiger partial charge in [-0.1, -0.05) is 32.6 Å². The van der Waals surface area contributed by atoms with Gasteiger partial charge in [0.2, 0.25) is 0 Å². The number of unbranched alkanes of at least 4 members (excludes halogenated alkanes) is 3. The summed E-state index contributed by atoms with van der Waals surface area (Å²) in [4.78, 5) is 11.4. The molecule has 1 unspecified atom stereocenters. The van der Waals surface area contributed by atoms with Crippen molar-refractivity contribution in [2.45, 2.75) is 51.2 Å². The van der Waals surface area contributed by atoms with Crippen LogP contribution in [-0.4, -0.2) is 24.1 Å². The van der Waals surface area contributed by atoms with Crippen LogP contribution < -0.4 is 0 Å². The number of thioether (sulfide) groups is 1. The zero-order valence-electron chi connectivity index (χ0n) is 9.54.